The van der Waals surface area contributed by atoms with E-state index in [2.05, 4.69) is 0 Å². The van der Waals surface area contributed by atoms with Gasteiger partial charge in [0.2, 0.25) is 0 Å². The SMILES string of the molecule is CC.CC.Nc1cscc1N. The summed E-state index contributed by atoms with van der Waals surface area (Å²) >= 11 is 1.52. The average Bonchev–Trinajstić information content (AvgIpc) is 2.44. The van der Waals surface area contributed by atoms with Crippen LogP contribution in [0.2, 0.25) is 0 Å². The van der Waals surface area contributed by atoms with E-state index in [1.165, 1.54) is 11.3 Å². The highest BCUT2D eigenvalue weighted by Gasteiger charge is 1.88. The lowest BCUT2D eigenvalue weighted by Crippen LogP contribution is -1.87. The molecule has 0 aliphatic rings. The number of rotatable bonds is 0. The summed E-state index contributed by atoms with van der Waals surface area (Å²) in [4.78, 5) is 0. The second-order valence-electron chi connectivity index (χ2n) is 1.28. The smallest absolute Gasteiger partial charge is 0.0656 e. The van der Waals surface area contributed by atoms with Gasteiger partial charge >= 0.3 is 0 Å². The molecule has 4 N–H and O–H groups in total. The summed E-state index contributed by atoms with van der Waals surface area (Å²) in [7, 11) is 0. The average molecular weight is 174 g/mol. The molecule has 0 aliphatic carbocycles. The standard InChI is InChI=1S/C4H6N2S.2C2H6/c5-3-1-7-2-4(3)6;2*1-2/h1-2H,5-6H2;2*1-2H3. The van der Waals surface area contributed by atoms with Gasteiger partial charge in [0.05, 0.1) is 11.4 Å². The third-order valence-electron chi connectivity index (χ3n) is 0.723. The highest BCUT2D eigenvalue weighted by Crippen LogP contribution is 2.17. The zero-order valence-electron chi connectivity index (χ0n) is 7.72. The lowest BCUT2D eigenvalue weighted by Gasteiger charge is -1.82. The van der Waals surface area contributed by atoms with Gasteiger partial charge in [0.1, 0.15) is 0 Å². The van der Waals surface area contributed by atoms with Crippen molar-refractivity contribution >= 4 is 22.7 Å². The molecule has 0 aliphatic heterocycles. The minimum absolute atomic E-state index is 0.685. The lowest BCUT2D eigenvalue weighted by atomic mass is 10.5. The van der Waals surface area contributed by atoms with Crippen LogP contribution >= 0.6 is 11.3 Å². The predicted molar refractivity (Wildman–Crippen MR) is 55.8 cm³/mol. The van der Waals surface area contributed by atoms with Crippen LogP contribution in [-0.4, -0.2) is 0 Å². The van der Waals surface area contributed by atoms with Crippen LogP contribution in [0.3, 0.4) is 0 Å². The Balaban J connectivity index is 0. The molecule has 3 heteroatoms. The van der Waals surface area contributed by atoms with E-state index in [9.17, 15) is 0 Å². The first-order valence-electron chi connectivity index (χ1n) is 3.88. The molecule has 11 heavy (non-hydrogen) atoms. The summed E-state index contributed by atoms with van der Waals surface area (Å²) in [5.41, 5.74) is 12.0. The van der Waals surface area contributed by atoms with E-state index >= 15 is 0 Å². The largest absolute Gasteiger partial charge is 0.396 e. The molecule has 0 spiro atoms. The number of anilines is 2. The maximum absolute atomic E-state index is 5.33. The van der Waals surface area contributed by atoms with Crippen molar-refractivity contribution in [3.63, 3.8) is 0 Å². The van der Waals surface area contributed by atoms with E-state index in [0.717, 1.165) is 0 Å². The molecule has 1 aromatic rings. The Morgan fingerprint density at radius 2 is 1.18 bits per heavy atom. The second-order valence-corrected chi connectivity index (χ2v) is 2.03. The van der Waals surface area contributed by atoms with Gasteiger partial charge < -0.3 is 11.5 Å². The predicted octanol–water partition coefficient (Wildman–Crippen LogP) is 2.96. The van der Waals surface area contributed by atoms with Crippen molar-refractivity contribution in [2.24, 2.45) is 0 Å². The highest BCUT2D eigenvalue weighted by atomic mass is 32.1. The molecule has 0 fully saturated rings. The minimum atomic E-state index is 0.685. The van der Waals surface area contributed by atoms with Crippen molar-refractivity contribution in [2.45, 2.75) is 27.7 Å². The van der Waals surface area contributed by atoms with Crippen molar-refractivity contribution in [3.8, 4) is 0 Å². The summed E-state index contributed by atoms with van der Waals surface area (Å²) in [5.74, 6) is 0. The van der Waals surface area contributed by atoms with E-state index in [1.54, 1.807) is 0 Å². The molecule has 1 rings (SSSR count). The van der Waals surface area contributed by atoms with Crippen LogP contribution in [0.15, 0.2) is 10.8 Å². The van der Waals surface area contributed by atoms with Crippen molar-refractivity contribution in [1.82, 2.24) is 0 Å². The first kappa shape index (κ1) is 12.9. The molecular weight excluding hydrogens is 156 g/mol. The molecule has 0 radical (unpaired) electrons. The quantitative estimate of drug-likeness (QED) is 0.635. The summed E-state index contributed by atoms with van der Waals surface area (Å²) in [6, 6.07) is 0. The third-order valence-corrected chi connectivity index (χ3v) is 1.50. The zero-order valence-corrected chi connectivity index (χ0v) is 8.53. The maximum atomic E-state index is 5.33. The van der Waals surface area contributed by atoms with Crippen LogP contribution in [0.5, 0.6) is 0 Å². The van der Waals surface area contributed by atoms with Crippen LogP contribution in [0.25, 0.3) is 0 Å². The topological polar surface area (TPSA) is 52.0 Å². The summed E-state index contributed by atoms with van der Waals surface area (Å²) in [5, 5.41) is 3.63. The number of nitrogens with two attached hydrogens (primary N) is 2. The van der Waals surface area contributed by atoms with Gasteiger partial charge in [-0.15, -0.1) is 11.3 Å². The van der Waals surface area contributed by atoms with Crippen LogP contribution in [-0.2, 0) is 0 Å². The Morgan fingerprint density at radius 1 is 0.909 bits per heavy atom. The molecule has 0 atom stereocenters. The number of thiophene rings is 1. The second kappa shape index (κ2) is 9.30. The molecule has 0 saturated heterocycles. The van der Waals surface area contributed by atoms with Crippen molar-refractivity contribution in [1.29, 1.82) is 0 Å². The molecule has 2 nitrogen and oxygen atoms in total. The third kappa shape index (κ3) is 5.73. The molecular formula is C8H18N2S. The monoisotopic (exact) mass is 174 g/mol. The van der Waals surface area contributed by atoms with Crippen LogP contribution in [0.1, 0.15) is 27.7 Å². The fourth-order valence-corrected chi connectivity index (χ4v) is 0.950. The van der Waals surface area contributed by atoms with E-state index in [1.807, 2.05) is 38.5 Å². The van der Waals surface area contributed by atoms with Gasteiger partial charge in [0.15, 0.2) is 0 Å². The highest BCUT2D eigenvalue weighted by molar-refractivity contribution is 7.08. The lowest BCUT2D eigenvalue weighted by molar-refractivity contribution is 1.50. The van der Waals surface area contributed by atoms with Gasteiger partial charge in [-0.25, -0.2) is 0 Å². The van der Waals surface area contributed by atoms with Crippen molar-refractivity contribution in [2.75, 3.05) is 11.5 Å². The Morgan fingerprint density at radius 3 is 1.27 bits per heavy atom. The van der Waals surface area contributed by atoms with Gasteiger partial charge in [-0.2, -0.15) is 0 Å². The summed E-state index contributed by atoms with van der Waals surface area (Å²) in [6.45, 7) is 8.00. The van der Waals surface area contributed by atoms with E-state index in [-0.39, 0.29) is 0 Å². The number of nitrogen functional groups attached to an aromatic ring is 2. The molecule has 66 valence electrons. The molecule has 1 aromatic heterocycles. The molecule has 0 amide bonds. The molecule has 1 heterocycles. The maximum Gasteiger partial charge on any atom is 0.0656 e. The van der Waals surface area contributed by atoms with Crippen LogP contribution in [0.4, 0.5) is 11.4 Å². The first-order chi connectivity index (χ1) is 5.30. The first-order valence-corrected chi connectivity index (χ1v) is 4.82. The van der Waals surface area contributed by atoms with Gasteiger partial charge in [-0.1, -0.05) is 27.7 Å². The molecule has 0 aromatic carbocycles. The van der Waals surface area contributed by atoms with Crippen molar-refractivity contribution in [3.05, 3.63) is 10.8 Å². The van der Waals surface area contributed by atoms with Crippen molar-refractivity contribution < 1.29 is 0 Å². The van der Waals surface area contributed by atoms with Gasteiger partial charge in [-0.05, 0) is 0 Å². The van der Waals surface area contributed by atoms with Gasteiger partial charge in [0, 0.05) is 10.8 Å². The van der Waals surface area contributed by atoms with E-state index < -0.39 is 0 Å². The Bertz CT molecular complexity index is 144. The fourth-order valence-electron chi connectivity index (χ4n) is 0.317. The van der Waals surface area contributed by atoms with E-state index in [0.29, 0.717) is 11.4 Å². The van der Waals surface area contributed by atoms with Crippen LogP contribution < -0.4 is 11.5 Å². The summed E-state index contributed by atoms with van der Waals surface area (Å²) < 4.78 is 0. The normalized spacial score (nSPS) is 6.91. The van der Waals surface area contributed by atoms with Crippen LogP contribution in [0, 0.1) is 0 Å². The number of hydrogen-bond donors (Lipinski definition) is 2. The zero-order chi connectivity index (χ0) is 9.28. The summed E-state index contributed by atoms with van der Waals surface area (Å²) in [6.07, 6.45) is 0. The molecule has 0 unspecified atom stereocenters. The fraction of sp³-hybridized carbons (Fsp3) is 0.500. The van der Waals surface area contributed by atoms with Gasteiger partial charge in [0.25, 0.3) is 0 Å². The molecule has 0 saturated carbocycles. The van der Waals surface area contributed by atoms with Gasteiger partial charge in [-0.3, -0.25) is 0 Å². The number of hydrogen-bond acceptors (Lipinski definition) is 3. The van der Waals surface area contributed by atoms with E-state index in [4.69, 9.17) is 11.5 Å². The Labute approximate surface area is 73.2 Å². The minimum Gasteiger partial charge on any atom is -0.396 e. The Kier molecular flexibility index (Phi) is 10.9. The molecule has 0 bridgehead atoms. The Hall–Kier alpha value is -0.700.